The van der Waals surface area contributed by atoms with Gasteiger partial charge in [-0.1, -0.05) is 24.4 Å². The van der Waals surface area contributed by atoms with E-state index in [0.29, 0.717) is 17.4 Å². The van der Waals surface area contributed by atoms with Gasteiger partial charge in [0, 0.05) is 17.4 Å². The molecule has 0 radical (unpaired) electrons. The molecule has 1 amide bonds. The fourth-order valence-corrected chi connectivity index (χ4v) is 2.49. The third-order valence-electron chi connectivity index (χ3n) is 3.13. The van der Waals surface area contributed by atoms with Gasteiger partial charge in [0.1, 0.15) is 5.75 Å². The van der Waals surface area contributed by atoms with Crippen molar-refractivity contribution in [3.63, 3.8) is 0 Å². The number of unbranched alkanes of at least 4 members (excludes halogenated alkanes) is 3. The molecular weight excluding hydrogens is 285 g/mol. The highest BCUT2D eigenvalue weighted by Crippen LogP contribution is 2.34. The second kappa shape index (κ2) is 7.01. The number of benzene rings is 1. The molecule has 0 aromatic heterocycles. The van der Waals surface area contributed by atoms with E-state index >= 15 is 0 Å². The van der Waals surface area contributed by atoms with Crippen LogP contribution in [0.15, 0.2) is 18.2 Å². The first-order valence-electron chi connectivity index (χ1n) is 6.51. The summed E-state index contributed by atoms with van der Waals surface area (Å²) in [6.07, 6.45) is 4.17. The molecule has 2 rings (SSSR count). The second-order valence-electron chi connectivity index (χ2n) is 4.55. The van der Waals surface area contributed by atoms with Gasteiger partial charge in [-0.3, -0.25) is 4.79 Å². The van der Waals surface area contributed by atoms with Crippen molar-refractivity contribution in [2.75, 3.05) is 23.9 Å². The smallest absolute Gasteiger partial charge is 0.265 e. The highest BCUT2D eigenvalue weighted by atomic mass is 35.5. The molecule has 0 saturated carbocycles. The summed E-state index contributed by atoms with van der Waals surface area (Å²) in [4.78, 5) is 13.7. The first kappa shape index (κ1) is 14.5. The topological polar surface area (TPSA) is 29.5 Å². The lowest BCUT2D eigenvalue weighted by molar-refractivity contribution is -0.121. The Kier molecular flexibility index (Phi) is 5.34. The monoisotopic (exact) mass is 301 g/mol. The molecule has 1 heterocycles. The number of ether oxygens (including phenoxy) is 1. The molecule has 0 fully saturated rings. The molecule has 0 aliphatic carbocycles. The summed E-state index contributed by atoms with van der Waals surface area (Å²) in [5.41, 5.74) is 0.779. The van der Waals surface area contributed by atoms with E-state index in [0.717, 1.165) is 37.1 Å². The Morgan fingerprint density at radius 1 is 1.21 bits per heavy atom. The SMILES string of the molecule is O=C1COc2ccc(Cl)cc2N1CCCCCCCl. The molecule has 1 aromatic carbocycles. The fraction of sp³-hybridized carbons (Fsp3) is 0.500. The molecule has 1 aromatic rings. The number of halogens is 2. The quantitative estimate of drug-likeness (QED) is 0.590. The number of nitrogens with zero attached hydrogens (tertiary/aromatic N) is 1. The summed E-state index contributed by atoms with van der Waals surface area (Å²) in [5.74, 6) is 1.42. The predicted molar refractivity (Wildman–Crippen MR) is 78.5 cm³/mol. The standard InChI is InChI=1S/C14H17Cl2NO2/c15-7-3-1-2-4-8-17-12-9-11(16)5-6-13(12)19-10-14(17)18/h5-6,9H,1-4,7-8,10H2. The van der Waals surface area contributed by atoms with Crippen molar-refractivity contribution in [3.8, 4) is 5.75 Å². The molecule has 1 aliphatic heterocycles. The molecular formula is C14H17Cl2NO2. The van der Waals surface area contributed by atoms with E-state index in [9.17, 15) is 4.79 Å². The van der Waals surface area contributed by atoms with Gasteiger partial charge in [-0.15, -0.1) is 11.6 Å². The van der Waals surface area contributed by atoms with Crippen LogP contribution in [0.5, 0.6) is 5.75 Å². The zero-order chi connectivity index (χ0) is 13.7. The number of fused-ring (bicyclic) bond motifs is 1. The summed E-state index contributed by atoms with van der Waals surface area (Å²) in [6.45, 7) is 0.814. The Hall–Kier alpha value is -0.930. The van der Waals surface area contributed by atoms with Gasteiger partial charge >= 0.3 is 0 Å². The summed E-state index contributed by atoms with van der Waals surface area (Å²) in [7, 11) is 0. The molecule has 19 heavy (non-hydrogen) atoms. The van der Waals surface area contributed by atoms with E-state index in [1.807, 2.05) is 6.07 Å². The molecule has 5 heteroatoms. The average molecular weight is 302 g/mol. The molecule has 0 spiro atoms. The van der Waals surface area contributed by atoms with Crippen molar-refractivity contribution in [3.05, 3.63) is 23.2 Å². The van der Waals surface area contributed by atoms with Gasteiger partial charge in [0.15, 0.2) is 6.61 Å². The number of amides is 1. The second-order valence-corrected chi connectivity index (χ2v) is 5.36. The molecule has 0 atom stereocenters. The number of hydrogen-bond donors (Lipinski definition) is 0. The van der Waals surface area contributed by atoms with Crippen LogP contribution >= 0.6 is 23.2 Å². The van der Waals surface area contributed by atoms with Crippen molar-refractivity contribution in [1.82, 2.24) is 0 Å². The van der Waals surface area contributed by atoms with E-state index in [1.54, 1.807) is 17.0 Å². The van der Waals surface area contributed by atoms with Crippen molar-refractivity contribution in [1.29, 1.82) is 0 Å². The Balaban J connectivity index is 1.99. The van der Waals surface area contributed by atoms with E-state index in [2.05, 4.69) is 0 Å². The Morgan fingerprint density at radius 3 is 2.79 bits per heavy atom. The van der Waals surface area contributed by atoms with Gasteiger partial charge in [0.2, 0.25) is 0 Å². The lowest BCUT2D eigenvalue weighted by Crippen LogP contribution is -2.39. The fourth-order valence-electron chi connectivity index (χ4n) is 2.14. The molecule has 0 N–H and O–H groups in total. The van der Waals surface area contributed by atoms with Gasteiger partial charge in [0.25, 0.3) is 5.91 Å². The molecule has 1 aliphatic rings. The van der Waals surface area contributed by atoms with E-state index in [1.165, 1.54) is 0 Å². The van der Waals surface area contributed by atoms with Crippen molar-refractivity contribution in [2.45, 2.75) is 25.7 Å². The van der Waals surface area contributed by atoms with Gasteiger partial charge in [-0.05, 0) is 31.0 Å². The van der Waals surface area contributed by atoms with Crippen LogP contribution in [0.4, 0.5) is 5.69 Å². The van der Waals surface area contributed by atoms with Crippen LogP contribution in [-0.2, 0) is 4.79 Å². The minimum Gasteiger partial charge on any atom is -0.482 e. The number of alkyl halides is 1. The van der Waals surface area contributed by atoms with Crippen LogP contribution in [0.25, 0.3) is 0 Å². The highest BCUT2D eigenvalue weighted by Gasteiger charge is 2.25. The van der Waals surface area contributed by atoms with Gasteiger partial charge in [-0.25, -0.2) is 0 Å². The zero-order valence-electron chi connectivity index (χ0n) is 10.7. The third kappa shape index (κ3) is 3.77. The maximum atomic E-state index is 11.9. The van der Waals surface area contributed by atoms with E-state index in [-0.39, 0.29) is 12.5 Å². The Morgan fingerprint density at radius 2 is 2.00 bits per heavy atom. The molecule has 0 saturated heterocycles. The minimum absolute atomic E-state index is 0.00731. The Bertz CT molecular complexity index is 451. The Labute approximate surface area is 123 Å². The largest absolute Gasteiger partial charge is 0.482 e. The van der Waals surface area contributed by atoms with Gasteiger partial charge < -0.3 is 9.64 Å². The first-order chi connectivity index (χ1) is 9.22. The number of carbonyl (C=O) groups excluding carboxylic acids is 1. The van der Waals surface area contributed by atoms with Crippen LogP contribution in [0, 0.1) is 0 Å². The lowest BCUT2D eigenvalue weighted by atomic mass is 10.1. The number of hydrogen-bond acceptors (Lipinski definition) is 2. The molecule has 0 unspecified atom stereocenters. The van der Waals surface area contributed by atoms with Crippen molar-refractivity contribution in [2.24, 2.45) is 0 Å². The summed E-state index contributed by atoms with van der Waals surface area (Å²) in [6, 6.07) is 5.37. The molecule has 0 bridgehead atoms. The van der Waals surface area contributed by atoms with Crippen LogP contribution in [0.1, 0.15) is 25.7 Å². The van der Waals surface area contributed by atoms with Gasteiger partial charge in [0.05, 0.1) is 5.69 Å². The van der Waals surface area contributed by atoms with Crippen LogP contribution in [0.2, 0.25) is 5.02 Å². The molecule has 3 nitrogen and oxygen atoms in total. The zero-order valence-corrected chi connectivity index (χ0v) is 12.2. The van der Waals surface area contributed by atoms with Crippen LogP contribution in [0.3, 0.4) is 0 Å². The summed E-state index contributed by atoms with van der Waals surface area (Å²) >= 11 is 11.6. The average Bonchev–Trinajstić information content (AvgIpc) is 2.40. The lowest BCUT2D eigenvalue weighted by Gasteiger charge is -2.29. The van der Waals surface area contributed by atoms with E-state index in [4.69, 9.17) is 27.9 Å². The number of rotatable bonds is 6. The third-order valence-corrected chi connectivity index (χ3v) is 3.63. The highest BCUT2D eigenvalue weighted by molar-refractivity contribution is 6.31. The van der Waals surface area contributed by atoms with Gasteiger partial charge in [-0.2, -0.15) is 0 Å². The van der Waals surface area contributed by atoms with Crippen LogP contribution in [-0.4, -0.2) is 24.9 Å². The number of anilines is 1. The summed E-state index contributed by atoms with van der Waals surface area (Å²) in [5, 5.41) is 0.615. The van der Waals surface area contributed by atoms with Crippen molar-refractivity contribution >= 4 is 34.8 Å². The minimum atomic E-state index is -0.00731. The molecule has 104 valence electrons. The number of carbonyl (C=O) groups is 1. The summed E-state index contributed by atoms with van der Waals surface area (Å²) < 4.78 is 5.40. The van der Waals surface area contributed by atoms with Crippen molar-refractivity contribution < 1.29 is 9.53 Å². The normalized spacial score (nSPS) is 14.2. The maximum absolute atomic E-state index is 11.9. The first-order valence-corrected chi connectivity index (χ1v) is 7.42. The maximum Gasteiger partial charge on any atom is 0.265 e. The van der Waals surface area contributed by atoms with E-state index < -0.39 is 0 Å². The predicted octanol–water partition coefficient (Wildman–Crippen LogP) is 3.86. The van der Waals surface area contributed by atoms with Crippen LogP contribution < -0.4 is 9.64 Å².